The predicted molar refractivity (Wildman–Crippen MR) is 71.7 cm³/mol. The van der Waals surface area contributed by atoms with Crippen LogP contribution in [0, 0.1) is 5.82 Å². The van der Waals surface area contributed by atoms with Crippen molar-refractivity contribution in [2.75, 3.05) is 19.6 Å². The molecule has 0 saturated heterocycles. The van der Waals surface area contributed by atoms with Crippen LogP contribution in [0.4, 0.5) is 4.39 Å². The molecule has 0 bridgehead atoms. The summed E-state index contributed by atoms with van der Waals surface area (Å²) < 4.78 is 13.8. The Bertz CT molecular complexity index is 376. The highest BCUT2D eigenvalue weighted by molar-refractivity contribution is 5.21. The van der Waals surface area contributed by atoms with Crippen molar-refractivity contribution in [2.45, 2.75) is 32.4 Å². The molecular formula is C14H23FN2O. The molecule has 3 nitrogen and oxygen atoms in total. The van der Waals surface area contributed by atoms with E-state index < -0.39 is 5.60 Å². The third-order valence-corrected chi connectivity index (χ3v) is 2.92. The third kappa shape index (κ3) is 4.05. The van der Waals surface area contributed by atoms with Crippen LogP contribution in [0.2, 0.25) is 0 Å². The number of nitrogens with two attached hydrogens (primary N) is 1. The molecule has 0 fully saturated rings. The number of nitrogens with zero attached hydrogens (tertiary/aromatic N) is 1. The van der Waals surface area contributed by atoms with Gasteiger partial charge in [0.1, 0.15) is 5.82 Å². The summed E-state index contributed by atoms with van der Waals surface area (Å²) in [5.74, 6) is -0.248. The van der Waals surface area contributed by atoms with Crippen molar-refractivity contribution in [3.8, 4) is 0 Å². The van der Waals surface area contributed by atoms with Crippen LogP contribution in [0.25, 0.3) is 0 Å². The zero-order chi connectivity index (χ0) is 13.8. The molecule has 3 N–H and O–H groups in total. The molecule has 0 aliphatic heterocycles. The van der Waals surface area contributed by atoms with Gasteiger partial charge in [0.15, 0.2) is 0 Å². The van der Waals surface area contributed by atoms with E-state index in [4.69, 9.17) is 5.73 Å². The summed E-state index contributed by atoms with van der Waals surface area (Å²) in [5, 5.41) is 9.90. The van der Waals surface area contributed by atoms with Crippen LogP contribution < -0.4 is 5.73 Å². The van der Waals surface area contributed by atoms with Gasteiger partial charge in [-0.25, -0.2) is 4.39 Å². The van der Waals surface area contributed by atoms with Gasteiger partial charge in [0.05, 0.1) is 11.6 Å². The number of benzene rings is 1. The lowest BCUT2D eigenvalue weighted by atomic mass is 10.0. The van der Waals surface area contributed by atoms with Crippen molar-refractivity contribution in [2.24, 2.45) is 5.73 Å². The Hall–Kier alpha value is -0.970. The molecule has 0 aliphatic carbocycles. The smallest absolute Gasteiger partial charge is 0.128 e. The molecule has 1 unspecified atom stereocenters. The second kappa shape index (κ2) is 6.27. The van der Waals surface area contributed by atoms with E-state index in [9.17, 15) is 9.50 Å². The summed E-state index contributed by atoms with van der Waals surface area (Å²) >= 11 is 0. The lowest BCUT2D eigenvalue weighted by Crippen LogP contribution is -2.43. The largest absolute Gasteiger partial charge is 0.389 e. The molecule has 0 saturated carbocycles. The first-order valence-corrected chi connectivity index (χ1v) is 6.30. The van der Waals surface area contributed by atoms with Crippen molar-refractivity contribution in [3.05, 3.63) is 35.6 Å². The normalized spacial score (nSPS) is 13.9. The Balaban J connectivity index is 2.97. The van der Waals surface area contributed by atoms with E-state index >= 15 is 0 Å². The molecule has 4 heteroatoms. The van der Waals surface area contributed by atoms with E-state index in [0.29, 0.717) is 25.2 Å². The highest BCUT2D eigenvalue weighted by Crippen LogP contribution is 2.23. The average Bonchev–Trinajstić information content (AvgIpc) is 2.29. The Morgan fingerprint density at radius 1 is 1.39 bits per heavy atom. The van der Waals surface area contributed by atoms with Crippen LogP contribution in [0.3, 0.4) is 0 Å². The molecule has 0 aromatic heterocycles. The van der Waals surface area contributed by atoms with Crippen LogP contribution in [0.5, 0.6) is 0 Å². The molecule has 0 heterocycles. The molecule has 0 radical (unpaired) electrons. The number of aliphatic hydroxyl groups is 1. The van der Waals surface area contributed by atoms with E-state index in [1.165, 1.54) is 6.07 Å². The van der Waals surface area contributed by atoms with E-state index in [0.717, 1.165) is 0 Å². The van der Waals surface area contributed by atoms with Gasteiger partial charge in [-0.3, -0.25) is 4.90 Å². The summed E-state index contributed by atoms with van der Waals surface area (Å²) in [6.45, 7) is 6.95. The standard InChI is InChI=1S/C14H23FN2O/c1-4-17(10-14(2,3)18)13(9-16)11-7-5-6-8-12(11)15/h5-8,13,18H,4,9-10,16H2,1-3H3. The Kier molecular flexibility index (Phi) is 5.26. The van der Waals surface area contributed by atoms with Crippen molar-refractivity contribution in [3.63, 3.8) is 0 Å². The average molecular weight is 254 g/mol. The van der Waals surface area contributed by atoms with Gasteiger partial charge in [-0.05, 0) is 26.5 Å². The molecular weight excluding hydrogens is 231 g/mol. The maximum Gasteiger partial charge on any atom is 0.128 e. The van der Waals surface area contributed by atoms with Gasteiger partial charge >= 0.3 is 0 Å². The first-order valence-electron chi connectivity index (χ1n) is 6.30. The van der Waals surface area contributed by atoms with Gasteiger partial charge in [-0.1, -0.05) is 25.1 Å². The molecule has 1 aromatic rings. The van der Waals surface area contributed by atoms with Gasteiger partial charge in [-0.15, -0.1) is 0 Å². The predicted octanol–water partition coefficient (Wildman–Crippen LogP) is 1.92. The number of halogens is 1. The van der Waals surface area contributed by atoms with E-state index in [1.54, 1.807) is 32.0 Å². The van der Waals surface area contributed by atoms with Crippen LogP contribution >= 0.6 is 0 Å². The number of likely N-dealkylation sites (N-methyl/N-ethyl adjacent to an activating group) is 1. The van der Waals surface area contributed by atoms with E-state index in [2.05, 4.69) is 0 Å². The first-order chi connectivity index (χ1) is 8.39. The number of hydrogen-bond acceptors (Lipinski definition) is 3. The molecule has 0 aliphatic rings. The Morgan fingerprint density at radius 3 is 2.44 bits per heavy atom. The molecule has 0 amide bonds. The lowest BCUT2D eigenvalue weighted by molar-refractivity contribution is 0.0229. The highest BCUT2D eigenvalue weighted by Gasteiger charge is 2.25. The zero-order valence-electron chi connectivity index (χ0n) is 11.4. The third-order valence-electron chi connectivity index (χ3n) is 2.92. The minimum absolute atomic E-state index is 0.206. The van der Waals surface area contributed by atoms with Crippen LogP contribution in [-0.2, 0) is 0 Å². The highest BCUT2D eigenvalue weighted by atomic mass is 19.1. The quantitative estimate of drug-likeness (QED) is 0.815. The van der Waals surface area contributed by atoms with Crippen LogP contribution in [-0.4, -0.2) is 35.2 Å². The maximum absolute atomic E-state index is 13.8. The minimum atomic E-state index is -0.825. The van der Waals surface area contributed by atoms with Crippen LogP contribution in [0.15, 0.2) is 24.3 Å². The van der Waals surface area contributed by atoms with Gasteiger partial charge in [-0.2, -0.15) is 0 Å². The van der Waals surface area contributed by atoms with Crippen molar-refractivity contribution in [1.82, 2.24) is 4.90 Å². The summed E-state index contributed by atoms with van der Waals surface area (Å²) in [6.07, 6.45) is 0. The van der Waals surface area contributed by atoms with Crippen molar-refractivity contribution >= 4 is 0 Å². The summed E-state index contributed by atoms with van der Waals surface area (Å²) in [6, 6.07) is 6.45. The molecule has 18 heavy (non-hydrogen) atoms. The molecule has 1 aromatic carbocycles. The van der Waals surface area contributed by atoms with E-state index in [1.807, 2.05) is 11.8 Å². The summed E-state index contributed by atoms with van der Waals surface area (Å²) in [7, 11) is 0. The fraction of sp³-hybridized carbons (Fsp3) is 0.571. The molecule has 102 valence electrons. The number of rotatable bonds is 6. The SMILES string of the molecule is CCN(CC(C)(C)O)C(CN)c1ccccc1F. The fourth-order valence-corrected chi connectivity index (χ4v) is 2.16. The van der Waals surface area contributed by atoms with Gasteiger partial charge < -0.3 is 10.8 Å². The van der Waals surface area contributed by atoms with Crippen molar-refractivity contribution in [1.29, 1.82) is 0 Å². The van der Waals surface area contributed by atoms with E-state index in [-0.39, 0.29) is 11.9 Å². The van der Waals surface area contributed by atoms with Gasteiger partial charge in [0, 0.05) is 18.7 Å². The second-order valence-corrected chi connectivity index (χ2v) is 5.15. The second-order valence-electron chi connectivity index (χ2n) is 5.15. The topological polar surface area (TPSA) is 49.5 Å². The fourth-order valence-electron chi connectivity index (χ4n) is 2.16. The van der Waals surface area contributed by atoms with Gasteiger partial charge in [0.25, 0.3) is 0 Å². The molecule has 1 rings (SSSR count). The Labute approximate surface area is 108 Å². The lowest BCUT2D eigenvalue weighted by Gasteiger charge is -2.34. The maximum atomic E-state index is 13.8. The number of hydrogen-bond donors (Lipinski definition) is 2. The monoisotopic (exact) mass is 254 g/mol. The molecule has 1 atom stereocenters. The van der Waals surface area contributed by atoms with Gasteiger partial charge in [0.2, 0.25) is 0 Å². The molecule has 0 spiro atoms. The first kappa shape index (κ1) is 15.1. The van der Waals surface area contributed by atoms with Crippen molar-refractivity contribution < 1.29 is 9.50 Å². The summed E-state index contributed by atoms with van der Waals surface area (Å²) in [4.78, 5) is 2.00. The summed E-state index contributed by atoms with van der Waals surface area (Å²) in [5.41, 5.74) is 5.54. The Morgan fingerprint density at radius 2 is 2.00 bits per heavy atom. The minimum Gasteiger partial charge on any atom is -0.389 e. The van der Waals surface area contributed by atoms with Crippen LogP contribution in [0.1, 0.15) is 32.4 Å². The zero-order valence-corrected chi connectivity index (χ0v) is 11.4.